The molecule has 0 aliphatic heterocycles. The number of hydrogen-bond donors (Lipinski definition) is 0. The van der Waals surface area contributed by atoms with E-state index in [1.54, 1.807) is 22.3 Å². The fourth-order valence-electron chi connectivity index (χ4n) is 19.5. The van der Waals surface area contributed by atoms with E-state index in [2.05, 4.69) is 235 Å². The van der Waals surface area contributed by atoms with Gasteiger partial charge in [-0.2, -0.15) is 0 Å². The van der Waals surface area contributed by atoms with Gasteiger partial charge in [-0.25, -0.2) is 0 Å². The van der Waals surface area contributed by atoms with Gasteiger partial charge in [0.1, 0.15) is 33.5 Å². The molecule has 0 spiro atoms. The minimum atomic E-state index is -0.358. The minimum absolute atomic E-state index is 0.100. The number of nitrogens with zero attached hydrogens (tertiary/aromatic N) is 1. The second kappa shape index (κ2) is 28.9. The standard InChI is InChI=1S/C98H107NO3/c1-8-12-16-20-24-34-56-97(57-35-25-21-17-13-9-2)80-53-55-90-93(74-39-29-32-42-87(74)101-90)92(80)79-65-83-77(64-84(79)97)71-51-49-70(62-82(71)98(83,58-36-26-22-18-14-10-3)59-37-27-23-19-15-11-4)99(68-47-44-66(5)45-48-68)69-50-52-73-81(61-69)96(6,7)85-63-76(95-94(91(73)85)75-40-30-33-43-88(75)102-95)67-46-54-89-78(60-67)72-38-28-31-41-86(72)100-89/h28-33,38-55,60-65H,8-27,34-37,56-59H2,1-7H3. The Balaban J connectivity index is 0.877. The Hall–Kier alpha value is -8.60. The maximum absolute atomic E-state index is 7.09. The van der Waals surface area contributed by atoms with Crippen LogP contribution in [0.3, 0.4) is 0 Å². The van der Waals surface area contributed by atoms with Gasteiger partial charge in [0.25, 0.3) is 0 Å². The molecule has 0 radical (unpaired) electrons. The zero-order chi connectivity index (χ0) is 69.5. The molecule has 3 aliphatic carbocycles. The SMILES string of the molecule is CCCCCCCCC1(CCCCCCCC)c2cc(N(c3ccc(C)cc3)c3ccc4c(c3)C(C)(C)c3cc(-c5ccc6oc7ccccc7c6c5)c5oc6ccccc6c5c3-4)ccc2-c2cc3c(cc21)-c1c(ccc2oc4ccccc4c12)C3(CCCCCCCC)CCCCCCCC. The van der Waals surface area contributed by atoms with Crippen molar-refractivity contribution in [3.05, 3.63) is 221 Å². The van der Waals surface area contributed by atoms with E-state index < -0.39 is 0 Å². The number of furan rings is 3. The summed E-state index contributed by atoms with van der Waals surface area (Å²) in [6, 6.07) is 70.5. The zero-order valence-electron chi connectivity index (χ0n) is 62.3. The Labute approximate surface area is 607 Å². The molecule has 3 heterocycles. The van der Waals surface area contributed by atoms with Gasteiger partial charge in [0.2, 0.25) is 0 Å². The van der Waals surface area contributed by atoms with Crippen molar-refractivity contribution >= 4 is 82.9 Å². The topological polar surface area (TPSA) is 42.7 Å². The smallest absolute Gasteiger partial charge is 0.143 e. The molecule has 0 amide bonds. The van der Waals surface area contributed by atoms with Crippen molar-refractivity contribution in [3.63, 3.8) is 0 Å². The first-order chi connectivity index (χ1) is 50.1. The normalized spacial score (nSPS) is 14.4. The van der Waals surface area contributed by atoms with Gasteiger partial charge >= 0.3 is 0 Å². The van der Waals surface area contributed by atoms with Gasteiger partial charge in [0.15, 0.2) is 0 Å². The van der Waals surface area contributed by atoms with Crippen molar-refractivity contribution < 1.29 is 13.3 Å². The fourth-order valence-corrected chi connectivity index (χ4v) is 19.5. The minimum Gasteiger partial charge on any atom is -0.456 e. The van der Waals surface area contributed by atoms with E-state index >= 15 is 0 Å². The zero-order valence-corrected chi connectivity index (χ0v) is 62.3. The van der Waals surface area contributed by atoms with Crippen LogP contribution in [0.4, 0.5) is 17.1 Å². The highest BCUT2D eigenvalue weighted by atomic mass is 16.3. The number of unbranched alkanes of at least 4 members (excludes halogenated alkanes) is 20. The number of rotatable bonds is 32. The van der Waals surface area contributed by atoms with Crippen LogP contribution in [0.2, 0.25) is 0 Å². The second-order valence-corrected chi connectivity index (χ2v) is 31.9. The molecule has 4 nitrogen and oxygen atoms in total. The molecule has 13 aromatic rings. The Kier molecular flexibility index (Phi) is 19.2. The van der Waals surface area contributed by atoms with Crippen LogP contribution in [0.5, 0.6) is 0 Å². The highest BCUT2D eigenvalue weighted by Gasteiger charge is 2.49. The van der Waals surface area contributed by atoms with Gasteiger partial charge in [-0.1, -0.05) is 292 Å². The van der Waals surface area contributed by atoms with E-state index in [1.807, 2.05) is 0 Å². The summed E-state index contributed by atoms with van der Waals surface area (Å²) in [6.45, 7) is 16.6. The molecule has 0 fully saturated rings. The largest absolute Gasteiger partial charge is 0.456 e. The third kappa shape index (κ3) is 11.9. The van der Waals surface area contributed by atoms with E-state index in [0.717, 1.165) is 73.6 Å². The Morgan fingerprint density at radius 2 is 0.725 bits per heavy atom. The lowest BCUT2D eigenvalue weighted by Crippen LogP contribution is -2.27. The van der Waals surface area contributed by atoms with Gasteiger partial charge < -0.3 is 18.2 Å². The molecular formula is C98H107NO3. The molecule has 10 aromatic carbocycles. The Bertz CT molecular complexity index is 5160. The molecule has 0 atom stereocenters. The van der Waals surface area contributed by atoms with Crippen LogP contribution < -0.4 is 4.90 Å². The molecule has 102 heavy (non-hydrogen) atoms. The molecule has 0 saturated carbocycles. The third-order valence-corrected chi connectivity index (χ3v) is 24.9. The summed E-state index contributed by atoms with van der Waals surface area (Å²) in [5.41, 5.74) is 29.5. The monoisotopic (exact) mass is 1350 g/mol. The number of benzene rings is 10. The molecule has 0 saturated heterocycles. The van der Waals surface area contributed by atoms with Gasteiger partial charge in [-0.15, -0.1) is 0 Å². The van der Waals surface area contributed by atoms with Crippen LogP contribution >= 0.6 is 0 Å². The first-order valence-electron chi connectivity index (χ1n) is 40.3. The molecule has 0 bridgehead atoms. The molecule has 16 rings (SSSR count). The third-order valence-electron chi connectivity index (χ3n) is 24.9. The van der Waals surface area contributed by atoms with Crippen LogP contribution in [0.15, 0.2) is 195 Å². The van der Waals surface area contributed by atoms with Crippen LogP contribution in [0.1, 0.15) is 260 Å². The van der Waals surface area contributed by atoms with Crippen molar-refractivity contribution in [3.8, 4) is 44.5 Å². The summed E-state index contributed by atoms with van der Waals surface area (Å²) in [6.07, 6.45) is 35.5. The molecule has 522 valence electrons. The summed E-state index contributed by atoms with van der Waals surface area (Å²) >= 11 is 0. The van der Waals surface area contributed by atoms with Crippen LogP contribution in [0, 0.1) is 6.92 Å². The summed E-state index contributed by atoms with van der Waals surface area (Å²) in [5, 5.41) is 7.17. The van der Waals surface area contributed by atoms with Crippen LogP contribution in [0.25, 0.3) is 110 Å². The number of hydrogen-bond acceptors (Lipinski definition) is 4. The lowest BCUT2D eigenvalue weighted by atomic mass is 9.68. The van der Waals surface area contributed by atoms with Crippen molar-refractivity contribution in [2.24, 2.45) is 0 Å². The quantitative estimate of drug-likeness (QED) is 0.0394. The van der Waals surface area contributed by atoms with Gasteiger partial charge in [0.05, 0.1) is 0 Å². The van der Waals surface area contributed by atoms with Crippen molar-refractivity contribution in [2.75, 3.05) is 4.90 Å². The van der Waals surface area contributed by atoms with Crippen molar-refractivity contribution in [2.45, 2.75) is 244 Å². The van der Waals surface area contributed by atoms with E-state index in [9.17, 15) is 0 Å². The highest BCUT2D eigenvalue weighted by molar-refractivity contribution is 6.20. The van der Waals surface area contributed by atoms with Gasteiger partial charge in [-0.05, 0) is 196 Å². The van der Waals surface area contributed by atoms with Gasteiger partial charge in [0, 0.05) is 71.2 Å². The van der Waals surface area contributed by atoms with E-state index in [4.69, 9.17) is 13.3 Å². The lowest BCUT2D eigenvalue weighted by molar-refractivity contribution is 0.394. The molecule has 0 unspecified atom stereocenters. The van der Waals surface area contributed by atoms with Crippen molar-refractivity contribution in [1.82, 2.24) is 0 Å². The summed E-state index contributed by atoms with van der Waals surface area (Å²) in [4.78, 5) is 2.62. The average Bonchev–Trinajstić information content (AvgIpc) is 1.53. The summed E-state index contributed by atoms with van der Waals surface area (Å²) in [5.74, 6) is 0. The van der Waals surface area contributed by atoms with E-state index in [-0.39, 0.29) is 16.2 Å². The average molecular weight is 1350 g/mol. The molecular weight excluding hydrogens is 1240 g/mol. The van der Waals surface area contributed by atoms with Crippen molar-refractivity contribution in [1.29, 1.82) is 0 Å². The molecule has 3 aromatic heterocycles. The molecule has 4 heteroatoms. The Morgan fingerprint density at radius 1 is 0.294 bits per heavy atom. The summed E-state index contributed by atoms with van der Waals surface area (Å²) < 4.78 is 20.4. The second-order valence-electron chi connectivity index (χ2n) is 31.9. The fraction of sp³-hybridized carbons (Fsp3) is 0.388. The maximum Gasteiger partial charge on any atom is 0.143 e. The van der Waals surface area contributed by atoms with E-state index in [1.165, 1.54) is 250 Å². The highest BCUT2D eigenvalue weighted by Crippen LogP contribution is 2.64. The predicted octanol–water partition coefficient (Wildman–Crippen LogP) is 30.7. The molecule has 0 N–H and O–H groups in total. The predicted molar refractivity (Wildman–Crippen MR) is 435 cm³/mol. The number of aryl methyl sites for hydroxylation is 1. The first-order valence-corrected chi connectivity index (χ1v) is 40.3. The maximum atomic E-state index is 7.09. The lowest BCUT2D eigenvalue weighted by Gasteiger charge is -2.35. The van der Waals surface area contributed by atoms with Crippen LogP contribution in [-0.2, 0) is 16.2 Å². The molecule has 3 aliphatic rings. The Morgan fingerprint density at radius 3 is 1.33 bits per heavy atom. The van der Waals surface area contributed by atoms with Crippen LogP contribution in [-0.4, -0.2) is 0 Å². The van der Waals surface area contributed by atoms with E-state index in [0.29, 0.717) is 0 Å². The first kappa shape index (κ1) is 67.9. The van der Waals surface area contributed by atoms with Gasteiger partial charge in [-0.3, -0.25) is 0 Å². The number of para-hydroxylation sites is 3. The number of fused-ring (bicyclic) bond motifs is 20. The summed E-state index contributed by atoms with van der Waals surface area (Å²) in [7, 11) is 0. The number of anilines is 3.